The number of thioether (sulfide) groups is 1. The molecule has 1 atom stereocenters. The van der Waals surface area contributed by atoms with Crippen LogP contribution in [0.3, 0.4) is 0 Å². The quantitative estimate of drug-likeness (QED) is 0.720. The normalized spacial score (nSPS) is 19.2. The Morgan fingerprint density at radius 1 is 1.44 bits per heavy atom. The van der Waals surface area contributed by atoms with Crippen LogP contribution in [0.2, 0.25) is 0 Å². The second-order valence-electron chi connectivity index (χ2n) is 6.07. The second-order valence-corrected chi connectivity index (χ2v) is 6.86. The van der Waals surface area contributed by atoms with Crippen molar-refractivity contribution in [3.05, 3.63) is 22.9 Å². The Hall–Kier alpha value is -1.01. The highest BCUT2D eigenvalue weighted by Gasteiger charge is 2.29. The van der Waals surface area contributed by atoms with E-state index in [0.29, 0.717) is 11.3 Å². The fourth-order valence-electron chi connectivity index (χ4n) is 2.62. The lowest BCUT2D eigenvalue weighted by molar-refractivity contribution is 0.214. The molecule has 3 heteroatoms. The van der Waals surface area contributed by atoms with Gasteiger partial charge in [-0.3, -0.25) is 0 Å². The molecule has 0 spiro atoms. The van der Waals surface area contributed by atoms with E-state index in [2.05, 4.69) is 37.9 Å². The van der Waals surface area contributed by atoms with Crippen LogP contribution < -0.4 is 0 Å². The number of aromatic nitrogens is 1. The molecule has 0 radical (unpaired) electrons. The van der Waals surface area contributed by atoms with Gasteiger partial charge in [0.15, 0.2) is 0 Å². The largest absolute Gasteiger partial charge is 0.245 e. The van der Waals surface area contributed by atoms with E-state index in [9.17, 15) is 5.26 Å². The molecule has 0 saturated heterocycles. The molecule has 1 aromatic heterocycles. The van der Waals surface area contributed by atoms with Gasteiger partial charge in [0, 0.05) is 5.69 Å². The van der Waals surface area contributed by atoms with E-state index < -0.39 is 0 Å². The molecule has 96 valence electrons. The predicted octanol–water partition coefficient (Wildman–Crippen LogP) is 3.83. The summed E-state index contributed by atoms with van der Waals surface area (Å²) in [5.41, 5.74) is 3.56. The fraction of sp³-hybridized carbons (Fsp3) is 0.600. The number of nitrogens with zero attached hydrogens (tertiary/aromatic N) is 2. The summed E-state index contributed by atoms with van der Waals surface area (Å²) in [6.45, 7) is 6.91. The van der Waals surface area contributed by atoms with Crippen molar-refractivity contribution in [1.29, 1.82) is 5.26 Å². The minimum atomic E-state index is 0.336. The number of rotatable bonds is 1. The van der Waals surface area contributed by atoms with Crippen molar-refractivity contribution in [2.24, 2.45) is 11.3 Å². The van der Waals surface area contributed by atoms with E-state index in [1.165, 1.54) is 17.7 Å². The van der Waals surface area contributed by atoms with Gasteiger partial charge in [-0.15, -0.1) is 11.8 Å². The molecule has 1 heterocycles. The van der Waals surface area contributed by atoms with Crippen molar-refractivity contribution >= 4 is 11.8 Å². The molecule has 18 heavy (non-hydrogen) atoms. The van der Waals surface area contributed by atoms with E-state index in [4.69, 9.17) is 0 Å². The van der Waals surface area contributed by atoms with Gasteiger partial charge in [-0.25, -0.2) is 4.98 Å². The second kappa shape index (κ2) is 4.93. The Bertz CT molecular complexity index is 494. The van der Waals surface area contributed by atoms with Crippen LogP contribution in [0.4, 0.5) is 0 Å². The zero-order chi connectivity index (χ0) is 13.3. The lowest BCUT2D eigenvalue weighted by Gasteiger charge is -2.34. The topological polar surface area (TPSA) is 36.7 Å². The van der Waals surface area contributed by atoms with Gasteiger partial charge < -0.3 is 0 Å². The molecule has 0 saturated carbocycles. The van der Waals surface area contributed by atoms with Gasteiger partial charge >= 0.3 is 0 Å². The average Bonchev–Trinajstić information content (AvgIpc) is 2.35. The summed E-state index contributed by atoms with van der Waals surface area (Å²) in [4.78, 5) is 4.66. The third-order valence-corrected chi connectivity index (χ3v) is 4.59. The number of pyridine rings is 1. The van der Waals surface area contributed by atoms with Crippen LogP contribution in [-0.2, 0) is 12.8 Å². The summed E-state index contributed by atoms with van der Waals surface area (Å²) >= 11 is 1.57. The Balaban J connectivity index is 2.36. The van der Waals surface area contributed by atoms with E-state index in [1.807, 2.05) is 6.26 Å². The van der Waals surface area contributed by atoms with Crippen molar-refractivity contribution < 1.29 is 0 Å². The van der Waals surface area contributed by atoms with Gasteiger partial charge in [-0.05, 0) is 48.5 Å². The number of fused-ring (bicyclic) bond motifs is 1. The molecule has 0 amide bonds. The minimum absolute atomic E-state index is 0.336. The van der Waals surface area contributed by atoms with Crippen molar-refractivity contribution in [3.8, 4) is 6.07 Å². The van der Waals surface area contributed by atoms with Crippen LogP contribution in [-0.4, -0.2) is 11.2 Å². The number of aryl methyl sites for hydroxylation is 1. The highest BCUT2D eigenvalue weighted by Crippen LogP contribution is 2.37. The van der Waals surface area contributed by atoms with Gasteiger partial charge in [0.25, 0.3) is 0 Å². The highest BCUT2D eigenvalue weighted by atomic mass is 32.2. The van der Waals surface area contributed by atoms with E-state index >= 15 is 0 Å². The number of nitriles is 1. The standard InChI is InChI=1S/C15H20N2S/c1-15(2,3)12-5-6-13-10(8-12)7-11(9-16)14(17-13)18-4/h7,12H,5-6,8H2,1-4H3. The summed E-state index contributed by atoms with van der Waals surface area (Å²) in [6, 6.07) is 4.33. The average molecular weight is 260 g/mol. The zero-order valence-corrected chi connectivity index (χ0v) is 12.4. The summed E-state index contributed by atoms with van der Waals surface area (Å²) in [7, 11) is 0. The van der Waals surface area contributed by atoms with Crippen LogP contribution in [0.1, 0.15) is 44.0 Å². The van der Waals surface area contributed by atoms with Gasteiger partial charge in [0.05, 0.1) is 5.56 Å². The fourth-order valence-corrected chi connectivity index (χ4v) is 3.15. The predicted molar refractivity (Wildman–Crippen MR) is 75.7 cm³/mol. The van der Waals surface area contributed by atoms with Crippen molar-refractivity contribution in [1.82, 2.24) is 4.98 Å². The Morgan fingerprint density at radius 2 is 2.17 bits per heavy atom. The first-order chi connectivity index (χ1) is 8.45. The number of hydrogen-bond acceptors (Lipinski definition) is 3. The van der Waals surface area contributed by atoms with Crippen molar-refractivity contribution in [2.45, 2.75) is 45.1 Å². The first-order valence-corrected chi connectivity index (χ1v) is 7.65. The Kier molecular flexibility index (Phi) is 3.68. The summed E-state index contributed by atoms with van der Waals surface area (Å²) in [6.07, 6.45) is 5.31. The van der Waals surface area contributed by atoms with Crippen LogP contribution in [0, 0.1) is 22.7 Å². The first-order valence-electron chi connectivity index (χ1n) is 6.42. The van der Waals surface area contributed by atoms with Crippen LogP contribution in [0.5, 0.6) is 0 Å². The smallest absolute Gasteiger partial charge is 0.114 e. The maximum atomic E-state index is 9.17. The highest BCUT2D eigenvalue weighted by molar-refractivity contribution is 7.98. The molecule has 0 aliphatic heterocycles. The zero-order valence-electron chi connectivity index (χ0n) is 11.6. The molecule has 1 aliphatic carbocycles. The lowest BCUT2D eigenvalue weighted by atomic mass is 9.71. The van der Waals surface area contributed by atoms with Crippen LogP contribution >= 0.6 is 11.8 Å². The first kappa shape index (κ1) is 13.4. The Morgan fingerprint density at radius 3 is 2.72 bits per heavy atom. The minimum Gasteiger partial charge on any atom is -0.245 e. The monoisotopic (exact) mass is 260 g/mol. The molecule has 0 fully saturated rings. The van der Waals surface area contributed by atoms with Gasteiger partial charge in [-0.2, -0.15) is 5.26 Å². The molecule has 2 rings (SSSR count). The molecule has 0 N–H and O–H groups in total. The summed E-state index contributed by atoms with van der Waals surface area (Å²) < 4.78 is 0. The van der Waals surface area contributed by atoms with Crippen LogP contribution in [0.25, 0.3) is 0 Å². The van der Waals surface area contributed by atoms with Crippen LogP contribution in [0.15, 0.2) is 11.1 Å². The molecular formula is C15H20N2S. The third kappa shape index (κ3) is 2.54. The molecular weight excluding hydrogens is 240 g/mol. The third-order valence-electron chi connectivity index (χ3n) is 3.89. The summed E-state index contributed by atoms with van der Waals surface area (Å²) in [5.74, 6) is 0.693. The molecule has 2 nitrogen and oxygen atoms in total. The maximum Gasteiger partial charge on any atom is 0.114 e. The van der Waals surface area contributed by atoms with Crippen molar-refractivity contribution in [3.63, 3.8) is 0 Å². The maximum absolute atomic E-state index is 9.17. The van der Waals surface area contributed by atoms with Gasteiger partial charge in [0.1, 0.15) is 11.1 Å². The lowest BCUT2D eigenvalue weighted by Crippen LogP contribution is -2.27. The van der Waals surface area contributed by atoms with E-state index in [-0.39, 0.29) is 0 Å². The van der Waals surface area contributed by atoms with Gasteiger partial charge in [0.2, 0.25) is 0 Å². The Labute approximate surface area is 114 Å². The molecule has 1 aliphatic rings. The number of hydrogen-bond donors (Lipinski definition) is 0. The van der Waals surface area contributed by atoms with E-state index in [1.54, 1.807) is 11.8 Å². The van der Waals surface area contributed by atoms with E-state index in [0.717, 1.165) is 23.4 Å². The van der Waals surface area contributed by atoms with Gasteiger partial charge in [-0.1, -0.05) is 20.8 Å². The molecule has 0 bridgehead atoms. The summed E-state index contributed by atoms with van der Waals surface area (Å²) in [5, 5.41) is 10.1. The van der Waals surface area contributed by atoms with Crippen molar-refractivity contribution in [2.75, 3.05) is 6.26 Å². The molecule has 1 unspecified atom stereocenters. The molecule has 0 aromatic carbocycles. The SMILES string of the molecule is CSc1nc2c(cc1C#N)CC(C(C)(C)C)CC2. The molecule has 1 aromatic rings.